The molecule has 1 saturated carbocycles. The van der Waals surface area contributed by atoms with Crippen LogP contribution < -0.4 is 10.2 Å². The van der Waals surface area contributed by atoms with Crippen LogP contribution in [0.25, 0.3) is 0 Å². The number of nitrogens with zero attached hydrogens (tertiary/aromatic N) is 1. The molecular weight excluding hydrogens is 260 g/mol. The molecule has 1 aromatic rings. The molecule has 2 aliphatic heterocycles. The van der Waals surface area contributed by atoms with Crippen molar-refractivity contribution in [3.8, 4) is 0 Å². The highest BCUT2D eigenvalue weighted by molar-refractivity contribution is 5.51. The van der Waals surface area contributed by atoms with Gasteiger partial charge in [-0.3, -0.25) is 0 Å². The topological polar surface area (TPSA) is 35.5 Å². The molecule has 2 heterocycles. The van der Waals surface area contributed by atoms with E-state index in [9.17, 15) is 5.11 Å². The van der Waals surface area contributed by atoms with Crippen LogP contribution in [0.1, 0.15) is 32.3 Å². The molecule has 2 N–H and O–H groups in total. The molecule has 2 saturated heterocycles. The summed E-state index contributed by atoms with van der Waals surface area (Å²) in [7, 11) is 0. The van der Waals surface area contributed by atoms with Gasteiger partial charge in [-0.1, -0.05) is 19.6 Å². The molecule has 3 unspecified atom stereocenters. The lowest BCUT2D eigenvalue weighted by Gasteiger charge is -2.20. The maximum Gasteiger partial charge on any atom is 0.0434 e. The van der Waals surface area contributed by atoms with Crippen LogP contribution >= 0.6 is 0 Å². The molecule has 3 aliphatic rings. The molecule has 0 aromatic heterocycles. The molecule has 0 bridgehead atoms. The third-order valence-electron chi connectivity index (χ3n) is 5.80. The fraction of sp³-hybridized carbons (Fsp3) is 0.667. The van der Waals surface area contributed by atoms with Crippen LogP contribution in [-0.4, -0.2) is 37.9 Å². The van der Waals surface area contributed by atoms with E-state index >= 15 is 0 Å². The van der Waals surface area contributed by atoms with E-state index in [1.54, 1.807) is 0 Å². The van der Waals surface area contributed by atoms with Gasteiger partial charge in [-0.25, -0.2) is 0 Å². The van der Waals surface area contributed by atoms with Gasteiger partial charge in [0.05, 0.1) is 0 Å². The highest BCUT2D eigenvalue weighted by Gasteiger charge is 2.66. The number of nitrogens with one attached hydrogen (secondary N) is 1. The van der Waals surface area contributed by atoms with E-state index in [2.05, 4.69) is 34.5 Å². The second kappa shape index (κ2) is 5.62. The van der Waals surface area contributed by atoms with Gasteiger partial charge in [-0.15, -0.1) is 0 Å². The number of fused-ring (bicyclic) bond motifs is 1. The van der Waals surface area contributed by atoms with E-state index in [1.807, 2.05) is 0 Å². The summed E-state index contributed by atoms with van der Waals surface area (Å²) < 4.78 is 0. The molecule has 1 aromatic carbocycles. The van der Waals surface area contributed by atoms with Crippen molar-refractivity contribution >= 4 is 5.69 Å². The Bertz CT molecular complexity index is 480. The number of anilines is 1. The van der Waals surface area contributed by atoms with Gasteiger partial charge in [0.25, 0.3) is 0 Å². The molecular formula is C18H28N2O. The fourth-order valence-electron chi connectivity index (χ4n) is 4.71. The van der Waals surface area contributed by atoms with Crippen LogP contribution in [0.5, 0.6) is 0 Å². The summed E-state index contributed by atoms with van der Waals surface area (Å²) in [5, 5.41) is 12.8. The maximum atomic E-state index is 9.25. The highest BCUT2D eigenvalue weighted by atomic mass is 16.3. The smallest absolute Gasteiger partial charge is 0.0434 e. The first-order chi connectivity index (χ1) is 9.86. The van der Waals surface area contributed by atoms with E-state index in [4.69, 9.17) is 0 Å². The van der Waals surface area contributed by atoms with Gasteiger partial charge in [0.15, 0.2) is 0 Å². The zero-order chi connectivity index (χ0) is 13.6. The highest BCUT2D eigenvalue weighted by Crippen LogP contribution is 2.63. The van der Waals surface area contributed by atoms with E-state index in [0.29, 0.717) is 17.9 Å². The van der Waals surface area contributed by atoms with Crippen LogP contribution in [0, 0.1) is 11.8 Å². The summed E-state index contributed by atoms with van der Waals surface area (Å²) in [6.45, 7) is 4.96. The van der Waals surface area contributed by atoms with E-state index in [-0.39, 0.29) is 7.43 Å². The third-order valence-corrected chi connectivity index (χ3v) is 5.80. The van der Waals surface area contributed by atoms with Crippen molar-refractivity contribution in [1.82, 2.24) is 5.32 Å². The second-order valence-corrected chi connectivity index (χ2v) is 6.64. The maximum absolute atomic E-state index is 9.25. The van der Waals surface area contributed by atoms with Crippen LogP contribution in [0.2, 0.25) is 0 Å². The number of aliphatic hydroxyl groups is 1. The molecule has 0 spiro atoms. The third kappa shape index (κ3) is 2.18. The Kier molecular flexibility index (Phi) is 3.98. The Morgan fingerprint density at radius 2 is 1.90 bits per heavy atom. The van der Waals surface area contributed by atoms with Crippen molar-refractivity contribution in [1.29, 1.82) is 0 Å². The first-order valence-electron chi connectivity index (χ1n) is 8.03. The van der Waals surface area contributed by atoms with Gasteiger partial charge >= 0.3 is 0 Å². The molecule has 3 fully saturated rings. The summed E-state index contributed by atoms with van der Waals surface area (Å²) >= 11 is 0. The SMILES string of the molecule is C.OCCC1C2CNCC12c1ccc(N2CCCC2)cc1. The van der Waals surface area contributed by atoms with E-state index in [1.165, 1.54) is 37.2 Å². The average molecular weight is 288 g/mol. The predicted molar refractivity (Wildman–Crippen MR) is 87.9 cm³/mol. The Morgan fingerprint density at radius 1 is 1.19 bits per heavy atom. The summed E-state index contributed by atoms with van der Waals surface area (Å²) in [6.07, 6.45) is 3.62. The van der Waals surface area contributed by atoms with Gasteiger partial charge in [0.1, 0.15) is 0 Å². The number of hydrogen-bond acceptors (Lipinski definition) is 3. The van der Waals surface area contributed by atoms with Gasteiger partial charge in [-0.2, -0.15) is 0 Å². The molecule has 21 heavy (non-hydrogen) atoms. The minimum absolute atomic E-state index is 0. The molecule has 1 aliphatic carbocycles. The summed E-state index contributed by atoms with van der Waals surface area (Å²) in [4.78, 5) is 2.49. The average Bonchev–Trinajstić information content (AvgIpc) is 2.95. The van der Waals surface area contributed by atoms with Crippen LogP contribution in [0.15, 0.2) is 24.3 Å². The van der Waals surface area contributed by atoms with Crippen LogP contribution in [0.3, 0.4) is 0 Å². The summed E-state index contributed by atoms with van der Waals surface area (Å²) in [5.74, 6) is 1.43. The van der Waals surface area contributed by atoms with Crippen molar-refractivity contribution < 1.29 is 5.11 Å². The van der Waals surface area contributed by atoms with Crippen molar-refractivity contribution in [3.63, 3.8) is 0 Å². The summed E-state index contributed by atoms with van der Waals surface area (Å²) in [5.41, 5.74) is 3.19. The summed E-state index contributed by atoms with van der Waals surface area (Å²) in [6, 6.07) is 9.29. The number of hydrogen-bond donors (Lipinski definition) is 2. The van der Waals surface area contributed by atoms with Crippen LogP contribution in [0.4, 0.5) is 5.69 Å². The zero-order valence-electron chi connectivity index (χ0n) is 12.0. The number of benzene rings is 1. The van der Waals surface area contributed by atoms with Crippen molar-refractivity contribution in [2.45, 2.75) is 32.1 Å². The molecule has 3 heteroatoms. The van der Waals surface area contributed by atoms with Gasteiger partial charge in [-0.05, 0) is 55.3 Å². The minimum atomic E-state index is 0. The van der Waals surface area contributed by atoms with Crippen LogP contribution in [-0.2, 0) is 5.41 Å². The molecule has 3 atom stereocenters. The molecule has 3 nitrogen and oxygen atoms in total. The van der Waals surface area contributed by atoms with Crippen molar-refractivity contribution in [2.24, 2.45) is 11.8 Å². The van der Waals surface area contributed by atoms with Gasteiger partial charge < -0.3 is 15.3 Å². The number of piperidine rings is 1. The lowest BCUT2D eigenvalue weighted by molar-refractivity contribution is 0.270. The number of rotatable bonds is 4. The monoisotopic (exact) mass is 288 g/mol. The minimum Gasteiger partial charge on any atom is -0.396 e. The molecule has 0 amide bonds. The van der Waals surface area contributed by atoms with Gasteiger partial charge in [0, 0.05) is 37.3 Å². The lowest BCUT2D eigenvalue weighted by Crippen LogP contribution is -2.24. The normalized spacial score (nSPS) is 33.7. The number of aliphatic hydroxyl groups excluding tert-OH is 1. The Labute approximate surface area is 128 Å². The fourth-order valence-corrected chi connectivity index (χ4v) is 4.71. The Balaban J connectivity index is 0.00000132. The quantitative estimate of drug-likeness (QED) is 0.893. The largest absolute Gasteiger partial charge is 0.396 e. The Morgan fingerprint density at radius 3 is 2.57 bits per heavy atom. The van der Waals surface area contributed by atoms with E-state index in [0.717, 1.165) is 25.4 Å². The molecule has 0 radical (unpaired) electrons. The lowest BCUT2D eigenvalue weighted by atomic mass is 9.92. The standard InChI is InChI=1S/C17H24N2O.CH4/c20-10-7-15-16-11-18-12-17(15,16)13-3-5-14(6-4-13)19-8-1-2-9-19;/h3-6,15-16,18,20H,1-2,7-12H2;1H4. The zero-order valence-corrected chi connectivity index (χ0v) is 12.0. The predicted octanol–water partition coefficient (Wildman–Crippen LogP) is 2.39. The molecule has 4 rings (SSSR count). The second-order valence-electron chi connectivity index (χ2n) is 6.64. The molecule has 116 valence electrons. The van der Waals surface area contributed by atoms with Crippen molar-refractivity contribution in [2.75, 3.05) is 37.7 Å². The first kappa shape index (κ1) is 14.9. The van der Waals surface area contributed by atoms with Gasteiger partial charge in [0.2, 0.25) is 0 Å². The first-order valence-corrected chi connectivity index (χ1v) is 8.03. The van der Waals surface area contributed by atoms with E-state index < -0.39 is 0 Å². The van der Waals surface area contributed by atoms with Crippen molar-refractivity contribution in [3.05, 3.63) is 29.8 Å². The Hall–Kier alpha value is -1.06.